The molecular formula is C58H45N. The largest absolute Gasteiger partial charge is 0.309 e. The van der Waals surface area contributed by atoms with Gasteiger partial charge < -0.3 is 4.90 Å². The van der Waals surface area contributed by atoms with Crippen LogP contribution in [-0.4, -0.2) is 0 Å². The van der Waals surface area contributed by atoms with Gasteiger partial charge in [-0.05, 0) is 108 Å². The fourth-order valence-electron chi connectivity index (χ4n) is 10.3. The van der Waals surface area contributed by atoms with Crippen molar-refractivity contribution in [1.82, 2.24) is 0 Å². The fraction of sp³-hybridized carbons (Fsp3) is 0.103. The third-order valence-corrected chi connectivity index (χ3v) is 13.3. The van der Waals surface area contributed by atoms with Crippen LogP contribution >= 0.6 is 0 Å². The number of fused-ring (bicyclic) bond motifs is 7. The summed E-state index contributed by atoms with van der Waals surface area (Å²) in [5.41, 5.74) is 21.1. The van der Waals surface area contributed by atoms with Crippen LogP contribution in [0.3, 0.4) is 0 Å². The first-order valence-electron chi connectivity index (χ1n) is 20.9. The Morgan fingerprint density at radius 2 is 0.847 bits per heavy atom. The third kappa shape index (κ3) is 5.38. The van der Waals surface area contributed by atoms with Crippen LogP contribution in [0.25, 0.3) is 66.4 Å². The Hall–Kier alpha value is -6.96. The van der Waals surface area contributed by atoms with Crippen molar-refractivity contribution < 1.29 is 0 Å². The highest BCUT2D eigenvalue weighted by Gasteiger charge is 2.38. The van der Waals surface area contributed by atoms with Gasteiger partial charge in [-0.25, -0.2) is 0 Å². The summed E-state index contributed by atoms with van der Waals surface area (Å²) in [5.74, 6) is 0. The molecule has 0 spiro atoms. The minimum absolute atomic E-state index is 0.128. The van der Waals surface area contributed by atoms with Gasteiger partial charge in [0.2, 0.25) is 0 Å². The van der Waals surface area contributed by atoms with Gasteiger partial charge in [0.15, 0.2) is 0 Å². The molecule has 0 heterocycles. The Morgan fingerprint density at radius 3 is 1.54 bits per heavy atom. The van der Waals surface area contributed by atoms with Gasteiger partial charge >= 0.3 is 0 Å². The maximum Gasteiger partial charge on any atom is 0.0546 e. The molecule has 2 aliphatic carbocycles. The number of hydrogen-bond acceptors (Lipinski definition) is 1. The van der Waals surface area contributed by atoms with Crippen molar-refractivity contribution in [1.29, 1.82) is 0 Å². The van der Waals surface area contributed by atoms with Gasteiger partial charge in [0.05, 0.1) is 11.4 Å². The lowest BCUT2D eigenvalue weighted by Crippen LogP contribution is -2.17. The molecule has 0 fully saturated rings. The Kier molecular flexibility index (Phi) is 7.94. The molecule has 0 unspecified atom stereocenters. The lowest BCUT2D eigenvalue weighted by Gasteiger charge is -2.33. The summed E-state index contributed by atoms with van der Waals surface area (Å²) in [7, 11) is 0. The smallest absolute Gasteiger partial charge is 0.0546 e. The van der Waals surface area contributed by atoms with Crippen LogP contribution in [-0.2, 0) is 10.8 Å². The zero-order chi connectivity index (χ0) is 39.9. The Balaban J connectivity index is 1.23. The minimum Gasteiger partial charge on any atom is -0.309 e. The van der Waals surface area contributed by atoms with Crippen molar-refractivity contribution in [2.24, 2.45) is 0 Å². The van der Waals surface area contributed by atoms with Gasteiger partial charge in [-0.1, -0.05) is 198 Å². The standard InChI is InChI=1S/C58H45N/c1-57(2)49-27-15-13-24-45(49)47-33-30-41(36-51(47)57)56-43-23-12-11-20-39(43)31-35-54(56)59(42-32-34-48-46-25-14-16-28-50(46)58(3,4)52(48)37-42)53-29-17-26-44(38-18-7-5-8-19-38)55(53)40-21-9-6-10-22-40/h5-37H,1-4H3. The third-order valence-electron chi connectivity index (χ3n) is 13.3. The summed E-state index contributed by atoms with van der Waals surface area (Å²) in [4.78, 5) is 2.56. The first-order chi connectivity index (χ1) is 28.8. The summed E-state index contributed by atoms with van der Waals surface area (Å²) >= 11 is 0. The van der Waals surface area contributed by atoms with Crippen LogP contribution in [0.4, 0.5) is 17.1 Å². The Morgan fingerprint density at radius 1 is 0.322 bits per heavy atom. The fourth-order valence-corrected chi connectivity index (χ4v) is 10.3. The first-order valence-corrected chi connectivity index (χ1v) is 20.9. The van der Waals surface area contributed by atoms with Crippen LogP contribution < -0.4 is 4.90 Å². The molecule has 0 saturated carbocycles. The molecule has 282 valence electrons. The van der Waals surface area contributed by atoms with Crippen molar-refractivity contribution in [2.45, 2.75) is 38.5 Å². The monoisotopic (exact) mass is 755 g/mol. The summed E-state index contributed by atoms with van der Waals surface area (Å²) < 4.78 is 0. The van der Waals surface area contributed by atoms with Crippen molar-refractivity contribution >= 4 is 27.8 Å². The van der Waals surface area contributed by atoms with Gasteiger partial charge in [-0.2, -0.15) is 0 Å². The second-order valence-corrected chi connectivity index (χ2v) is 17.3. The van der Waals surface area contributed by atoms with E-state index in [4.69, 9.17) is 0 Å². The highest BCUT2D eigenvalue weighted by molar-refractivity contribution is 6.08. The van der Waals surface area contributed by atoms with E-state index in [1.165, 1.54) is 88.7 Å². The molecule has 0 saturated heterocycles. The quantitative estimate of drug-likeness (QED) is 0.163. The molecule has 2 aliphatic rings. The van der Waals surface area contributed by atoms with Gasteiger partial charge in [0, 0.05) is 27.6 Å². The Bertz CT molecular complexity index is 3100. The van der Waals surface area contributed by atoms with Crippen molar-refractivity contribution in [2.75, 3.05) is 4.90 Å². The Labute approximate surface area is 347 Å². The van der Waals surface area contributed by atoms with Crippen LogP contribution in [0.2, 0.25) is 0 Å². The molecule has 0 radical (unpaired) electrons. The molecule has 59 heavy (non-hydrogen) atoms. The second kappa shape index (κ2) is 13.3. The predicted molar refractivity (Wildman–Crippen MR) is 250 cm³/mol. The molecule has 0 amide bonds. The lowest BCUT2D eigenvalue weighted by atomic mass is 9.81. The number of rotatable bonds is 6. The summed E-state index contributed by atoms with van der Waals surface area (Å²) in [6.45, 7) is 9.51. The number of benzene rings is 9. The number of hydrogen-bond donors (Lipinski definition) is 0. The second-order valence-electron chi connectivity index (χ2n) is 17.3. The molecule has 0 N–H and O–H groups in total. The molecule has 9 aromatic rings. The molecule has 0 aliphatic heterocycles. The molecule has 11 rings (SSSR count). The van der Waals surface area contributed by atoms with Gasteiger partial charge in [-0.3, -0.25) is 0 Å². The molecule has 0 bridgehead atoms. The van der Waals surface area contributed by atoms with E-state index in [9.17, 15) is 0 Å². The van der Waals surface area contributed by atoms with E-state index in [-0.39, 0.29) is 10.8 Å². The van der Waals surface area contributed by atoms with Crippen LogP contribution in [0, 0.1) is 0 Å². The van der Waals surface area contributed by atoms with E-state index >= 15 is 0 Å². The van der Waals surface area contributed by atoms with E-state index in [2.05, 4.69) is 233 Å². The maximum absolute atomic E-state index is 2.56. The van der Waals surface area contributed by atoms with E-state index < -0.39 is 0 Å². The summed E-state index contributed by atoms with van der Waals surface area (Å²) in [6.07, 6.45) is 0. The molecular weight excluding hydrogens is 711 g/mol. The average molecular weight is 756 g/mol. The van der Waals surface area contributed by atoms with E-state index in [0.717, 1.165) is 17.1 Å². The van der Waals surface area contributed by atoms with E-state index in [1.807, 2.05) is 0 Å². The summed E-state index contributed by atoms with van der Waals surface area (Å²) in [5, 5.41) is 2.46. The zero-order valence-corrected chi connectivity index (χ0v) is 34.0. The van der Waals surface area contributed by atoms with Gasteiger partial charge in [0.1, 0.15) is 0 Å². The highest BCUT2D eigenvalue weighted by Crippen LogP contribution is 2.55. The SMILES string of the molecule is CC1(C)c2ccccc2-c2ccc(-c3c(N(c4ccc5c(c4)C(C)(C)c4ccccc4-5)c4cccc(-c5ccccc5)c4-c4ccccc4)ccc4ccccc34)cc21. The van der Waals surface area contributed by atoms with Crippen LogP contribution in [0.5, 0.6) is 0 Å². The van der Waals surface area contributed by atoms with E-state index in [0.29, 0.717) is 0 Å². The molecule has 9 aromatic carbocycles. The average Bonchev–Trinajstić information content (AvgIpc) is 3.65. The first kappa shape index (κ1) is 35.2. The molecule has 1 heteroatoms. The number of anilines is 3. The van der Waals surface area contributed by atoms with Crippen LogP contribution in [0.1, 0.15) is 49.9 Å². The highest BCUT2D eigenvalue weighted by atomic mass is 15.1. The van der Waals surface area contributed by atoms with Gasteiger partial charge in [0.25, 0.3) is 0 Å². The van der Waals surface area contributed by atoms with Crippen molar-refractivity contribution in [3.05, 3.63) is 222 Å². The maximum atomic E-state index is 2.56. The lowest BCUT2D eigenvalue weighted by molar-refractivity contribution is 0.660. The minimum atomic E-state index is -0.158. The zero-order valence-electron chi connectivity index (χ0n) is 34.0. The molecule has 0 aromatic heterocycles. The van der Waals surface area contributed by atoms with Crippen LogP contribution in [0.15, 0.2) is 200 Å². The predicted octanol–water partition coefficient (Wildman–Crippen LogP) is 15.9. The normalized spacial score (nSPS) is 14.0. The topological polar surface area (TPSA) is 3.24 Å². The van der Waals surface area contributed by atoms with E-state index in [1.54, 1.807) is 0 Å². The number of nitrogens with zero attached hydrogens (tertiary/aromatic N) is 1. The van der Waals surface area contributed by atoms with Crippen molar-refractivity contribution in [3.63, 3.8) is 0 Å². The van der Waals surface area contributed by atoms with Gasteiger partial charge in [-0.15, -0.1) is 0 Å². The summed E-state index contributed by atoms with van der Waals surface area (Å²) in [6, 6.07) is 74.5. The van der Waals surface area contributed by atoms with Crippen molar-refractivity contribution in [3.8, 4) is 55.6 Å². The molecule has 0 atom stereocenters. The molecule has 1 nitrogen and oxygen atoms in total.